The molecule has 1 N–H and O–H groups in total. The minimum atomic E-state index is -0.513. The molecule has 0 fully saturated rings. The molecule has 0 saturated carbocycles. The van der Waals surface area contributed by atoms with Crippen molar-refractivity contribution in [1.29, 1.82) is 0 Å². The third-order valence-electron chi connectivity index (χ3n) is 3.22. The molecular formula is C15H15N5O4S2. The molecule has 1 amide bonds. The van der Waals surface area contributed by atoms with Crippen LogP contribution >= 0.6 is 23.1 Å². The molecule has 3 aromatic heterocycles. The van der Waals surface area contributed by atoms with E-state index in [2.05, 4.69) is 20.8 Å². The molecule has 3 rings (SSSR count). The lowest BCUT2D eigenvalue weighted by molar-refractivity contribution is -0.113. The fourth-order valence-corrected chi connectivity index (χ4v) is 3.71. The highest BCUT2D eigenvalue weighted by Crippen LogP contribution is 2.36. The van der Waals surface area contributed by atoms with E-state index in [-0.39, 0.29) is 23.8 Å². The van der Waals surface area contributed by atoms with E-state index in [1.807, 2.05) is 0 Å². The van der Waals surface area contributed by atoms with Crippen molar-refractivity contribution >= 4 is 40.0 Å². The number of anilines is 1. The normalized spacial score (nSPS) is 10.7. The maximum absolute atomic E-state index is 12.4. The van der Waals surface area contributed by atoms with Gasteiger partial charge in [0.2, 0.25) is 11.1 Å². The van der Waals surface area contributed by atoms with E-state index in [1.54, 1.807) is 31.5 Å². The molecule has 0 aliphatic carbocycles. The smallest absolute Gasteiger partial charge is 0.341 e. The third-order valence-corrected chi connectivity index (χ3v) is 5.13. The highest BCUT2D eigenvalue weighted by molar-refractivity contribution is 7.99. The molecule has 0 aromatic carbocycles. The minimum Gasteiger partial charge on any atom is -0.464 e. The molecule has 9 nitrogen and oxygen atoms in total. The number of esters is 1. The molecule has 26 heavy (non-hydrogen) atoms. The maximum Gasteiger partial charge on any atom is 0.341 e. The Morgan fingerprint density at radius 2 is 2.31 bits per heavy atom. The molecule has 0 atom stereocenters. The second-order valence-electron chi connectivity index (χ2n) is 4.97. The summed E-state index contributed by atoms with van der Waals surface area (Å²) in [6.45, 7) is 1.95. The fourth-order valence-electron chi connectivity index (χ4n) is 2.11. The first-order chi connectivity index (χ1) is 12.6. The number of furan rings is 1. The molecule has 0 radical (unpaired) electrons. The van der Waals surface area contributed by atoms with E-state index < -0.39 is 5.97 Å². The summed E-state index contributed by atoms with van der Waals surface area (Å²) in [5, 5.41) is 16.5. The van der Waals surface area contributed by atoms with Gasteiger partial charge in [-0.15, -0.1) is 16.4 Å². The molecule has 11 heteroatoms. The van der Waals surface area contributed by atoms with Gasteiger partial charge in [-0.2, -0.15) is 0 Å². The van der Waals surface area contributed by atoms with Crippen LogP contribution in [-0.2, 0) is 16.6 Å². The van der Waals surface area contributed by atoms with Crippen LogP contribution in [0, 0.1) is 0 Å². The van der Waals surface area contributed by atoms with Gasteiger partial charge in [0, 0.05) is 18.0 Å². The van der Waals surface area contributed by atoms with Crippen molar-refractivity contribution in [3.05, 3.63) is 29.3 Å². The standard InChI is InChI=1S/C15H15N5O4S2/c1-3-23-14(22)12-9(10-5-4-6-24-10)7-25-13(12)16-11(21)8-26-15-17-18-19-20(15)2/h4-7H,3,8H2,1-2H3,(H,16,21). The largest absolute Gasteiger partial charge is 0.464 e. The van der Waals surface area contributed by atoms with Crippen molar-refractivity contribution in [2.24, 2.45) is 7.05 Å². The number of thiophene rings is 1. The molecule has 3 aromatic rings. The molecule has 136 valence electrons. The van der Waals surface area contributed by atoms with Crippen molar-refractivity contribution in [3.63, 3.8) is 0 Å². The van der Waals surface area contributed by atoms with Gasteiger partial charge in [0.25, 0.3) is 0 Å². The van der Waals surface area contributed by atoms with Crippen LogP contribution in [0.3, 0.4) is 0 Å². The first-order valence-electron chi connectivity index (χ1n) is 7.57. The summed E-state index contributed by atoms with van der Waals surface area (Å²) in [5.74, 6) is -0.161. The summed E-state index contributed by atoms with van der Waals surface area (Å²) in [6, 6.07) is 3.47. The van der Waals surface area contributed by atoms with Crippen LogP contribution in [0.2, 0.25) is 0 Å². The highest BCUT2D eigenvalue weighted by atomic mass is 32.2. The highest BCUT2D eigenvalue weighted by Gasteiger charge is 2.24. The van der Waals surface area contributed by atoms with Gasteiger partial charge >= 0.3 is 5.97 Å². The third kappa shape index (κ3) is 3.94. The number of nitrogens with one attached hydrogen (secondary N) is 1. The Morgan fingerprint density at radius 3 is 2.96 bits per heavy atom. The number of amides is 1. The van der Waals surface area contributed by atoms with Gasteiger partial charge in [-0.25, -0.2) is 9.48 Å². The van der Waals surface area contributed by atoms with E-state index in [0.29, 0.717) is 21.5 Å². The first kappa shape index (κ1) is 18.1. The molecule has 0 aliphatic heterocycles. The zero-order chi connectivity index (χ0) is 18.5. The number of tetrazole rings is 1. The lowest BCUT2D eigenvalue weighted by Gasteiger charge is -2.07. The zero-order valence-electron chi connectivity index (χ0n) is 14.0. The van der Waals surface area contributed by atoms with Crippen molar-refractivity contribution in [2.75, 3.05) is 17.7 Å². The Bertz CT molecular complexity index is 903. The number of rotatable bonds is 7. The molecule has 3 heterocycles. The van der Waals surface area contributed by atoms with E-state index in [0.717, 1.165) is 0 Å². The first-order valence-corrected chi connectivity index (χ1v) is 9.44. The monoisotopic (exact) mass is 393 g/mol. The van der Waals surface area contributed by atoms with Gasteiger partial charge in [0.1, 0.15) is 16.3 Å². The number of hydrogen-bond acceptors (Lipinski definition) is 9. The number of carbonyl (C=O) groups is 2. The van der Waals surface area contributed by atoms with Crippen LogP contribution in [-0.4, -0.2) is 44.4 Å². The summed E-state index contributed by atoms with van der Waals surface area (Å²) in [6.07, 6.45) is 1.52. The van der Waals surface area contributed by atoms with Gasteiger partial charge in [-0.1, -0.05) is 11.8 Å². The van der Waals surface area contributed by atoms with Gasteiger partial charge in [-0.05, 0) is 29.5 Å². The Balaban J connectivity index is 1.77. The predicted molar refractivity (Wildman–Crippen MR) is 96.1 cm³/mol. The summed E-state index contributed by atoms with van der Waals surface area (Å²) in [7, 11) is 1.69. The Hall–Kier alpha value is -2.66. The van der Waals surface area contributed by atoms with Gasteiger partial charge in [0.15, 0.2) is 0 Å². The summed E-state index contributed by atoms with van der Waals surface area (Å²) in [5.41, 5.74) is 0.865. The average molecular weight is 393 g/mol. The number of carbonyl (C=O) groups excluding carboxylic acids is 2. The van der Waals surface area contributed by atoms with Crippen LogP contribution < -0.4 is 5.32 Å². The molecule has 0 unspecified atom stereocenters. The van der Waals surface area contributed by atoms with E-state index in [9.17, 15) is 9.59 Å². The van der Waals surface area contributed by atoms with Crippen LogP contribution in [0.1, 0.15) is 17.3 Å². The molecule has 0 aliphatic rings. The van der Waals surface area contributed by atoms with Crippen LogP contribution in [0.5, 0.6) is 0 Å². The van der Waals surface area contributed by atoms with Gasteiger partial charge < -0.3 is 14.5 Å². The van der Waals surface area contributed by atoms with E-state index in [4.69, 9.17) is 9.15 Å². The van der Waals surface area contributed by atoms with Crippen LogP contribution in [0.25, 0.3) is 11.3 Å². The lowest BCUT2D eigenvalue weighted by Crippen LogP contribution is -2.16. The van der Waals surface area contributed by atoms with Crippen molar-refractivity contribution in [1.82, 2.24) is 20.2 Å². The SMILES string of the molecule is CCOC(=O)c1c(-c2ccco2)csc1NC(=O)CSc1nnnn1C. The van der Waals surface area contributed by atoms with Crippen molar-refractivity contribution in [3.8, 4) is 11.3 Å². The number of aromatic nitrogens is 4. The number of ether oxygens (including phenoxy) is 1. The number of aryl methyl sites for hydroxylation is 1. The lowest BCUT2D eigenvalue weighted by atomic mass is 10.1. The van der Waals surface area contributed by atoms with E-state index >= 15 is 0 Å². The molecule has 0 bridgehead atoms. The predicted octanol–water partition coefficient (Wildman–Crippen LogP) is 2.44. The minimum absolute atomic E-state index is 0.102. The summed E-state index contributed by atoms with van der Waals surface area (Å²) < 4.78 is 12.0. The Morgan fingerprint density at radius 1 is 1.46 bits per heavy atom. The van der Waals surface area contributed by atoms with E-state index in [1.165, 1.54) is 34.0 Å². The summed E-state index contributed by atoms with van der Waals surface area (Å²) in [4.78, 5) is 24.6. The molecule has 0 saturated heterocycles. The Kier molecular flexibility index (Phi) is 5.68. The molecular weight excluding hydrogens is 378 g/mol. The fraction of sp³-hybridized carbons (Fsp3) is 0.267. The average Bonchev–Trinajstić information content (AvgIpc) is 3.33. The number of thioether (sulfide) groups is 1. The maximum atomic E-state index is 12.4. The van der Waals surface area contributed by atoms with Gasteiger partial charge in [-0.3, -0.25) is 4.79 Å². The van der Waals surface area contributed by atoms with Crippen molar-refractivity contribution in [2.45, 2.75) is 12.1 Å². The zero-order valence-corrected chi connectivity index (χ0v) is 15.6. The topological polar surface area (TPSA) is 112 Å². The summed E-state index contributed by atoms with van der Waals surface area (Å²) >= 11 is 2.43. The second-order valence-corrected chi connectivity index (χ2v) is 6.80. The number of nitrogens with zero attached hydrogens (tertiary/aromatic N) is 4. The molecule has 0 spiro atoms. The van der Waals surface area contributed by atoms with Gasteiger partial charge in [0.05, 0.1) is 18.6 Å². The van der Waals surface area contributed by atoms with Crippen molar-refractivity contribution < 1.29 is 18.7 Å². The quantitative estimate of drug-likeness (QED) is 0.481. The Labute approximate surface area is 156 Å². The number of hydrogen-bond donors (Lipinski definition) is 1. The van der Waals surface area contributed by atoms with Crippen LogP contribution in [0.4, 0.5) is 5.00 Å². The second kappa shape index (κ2) is 8.15. The van der Waals surface area contributed by atoms with Crippen LogP contribution in [0.15, 0.2) is 33.3 Å².